The first-order valence-electron chi connectivity index (χ1n) is 5.35. The fourth-order valence-corrected chi connectivity index (χ4v) is 1.26. The first-order chi connectivity index (χ1) is 6.61. The molecule has 0 bridgehead atoms. The van der Waals surface area contributed by atoms with Gasteiger partial charge < -0.3 is 10.2 Å². The second kappa shape index (κ2) is 8.12. The number of alkyl halides is 2. The Labute approximate surface area is 85.7 Å². The van der Waals surface area contributed by atoms with Gasteiger partial charge in [0.05, 0.1) is 6.04 Å². The van der Waals surface area contributed by atoms with Crippen LogP contribution in [0.5, 0.6) is 0 Å². The fraction of sp³-hybridized carbons (Fsp3) is 1.00. The summed E-state index contributed by atoms with van der Waals surface area (Å²) >= 11 is 0. The number of nitrogens with zero attached hydrogens (tertiary/aromatic N) is 1. The zero-order valence-corrected chi connectivity index (χ0v) is 9.39. The smallest absolute Gasteiger partial charge is 0.253 e. The molecular formula is C10H22F2N2. The third-order valence-corrected chi connectivity index (χ3v) is 2.39. The van der Waals surface area contributed by atoms with E-state index in [0.29, 0.717) is 6.54 Å². The molecule has 0 aromatic carbocycles. The van der Waals surface area contributed by atoms with Gasteiger partial charge in [-0.15, -0.1) is 0 Å². The zero-order valence-electron chi connectivity index (χ0n) is 9.39. The van der Waals surface area contributed by atoms with Crippen LogP contribution in [0.1, 0.15) is 27.2 Å². The summed E-state index contributed by atoms with van der Waals surface area (Å²) in [5.41, 5.74) is 0. The van der Waals surface area contributed by atoms with Crippen LogP contribution in [0.2, 0.25) is 0 Å². The largest absolute Gasteiger partial charge is 0.309 e. The lowest BCUT2D eigenvalue weighted by Gasteiger charge is -2.18. The second-order valence-electron chi connectivity index (χ2n) is 3.46. The highest BCUT2D eigenvalue weighted by molar-refractivity contribution is 4.63. The summed E-state index contributed by atoms with van der Waals surface area (Å²) < 4.78 is 24.1. The van der Waals surface area contributed by atoms with Gasteiger partial charge in [-0.3, -0.25) is 0 Å². The Hall–Kier alpha value is -0.220. The van der Waals surface area contributed by atoms with E-state index in [2.05, 4.69) is 24.1 Å². The van der Waals surface area contributed by atoms with Crippen molar-refractivity contribution < 1.29 is 8.78 Å². The van der Waals surface area contributed by atoms with E-state index < -0.39 is 12.5 Å². The summed E-state index contributed by atoms with van der Waals surface area (Å²) in [6, 6.07) is -0.688. The maximum atomic E-state index is 12.1. The van der Waals surface area contributed by atoms with E-state index in [1.54, 1.807) is 0 Å². The van der Waals surface area contributed by atoms with Gasteiger partial charge in [0.25, 0.3) is 6.43 Å². The molecule has 1 N–H and O–H groups in total. The van der Waals surface area contributed by atoms with Gasteiger partial charge in [0.1, 0.15) is 0 Å². The minimum atomic E-state index is -2.26. The van der Waals surface area contributed by atoms with Gasteiger partial charge >= 0.3 is 0 Å². The quantitative estimate of drug-likeness (QED) is 0.613. The molecule has 0 saturated carbocycles. The number of nitrogens with one attached hydrogen (secondary N) is 1. The molecule has 0 spiro atoms. The maximum Gasteiger partial charge on any atom is 0.253 e. The van der Waals surface area contributed by atoms with Crippen molar-refractivity contribution in [2.45, 2.75) is 39.7 Å². The lowest BCUT2D eigenvalue weighted by Crippen LogP contribution is -2.35. The van der Waals surface area contributed by atoms with Crippen molar-refractivity contribution in [3.8, 4) is 0 Å². The van der Waals surface area contributed by atoms with Crippen molar-refractivity contribution in [3.05, 3.63) is 0 Å². The first kappa shape index (κ1) is 13.8. The lowest BCUT2D eigenvalue weighted by atomic mass is 10.3. The molecule has 0 radical (unpaired) electrons. The second-order valence-corrected chi connectivity index (χ2v) is 3.46. The molecule has 0 saturated heterocycles. The van der Waals surface area contributed by atoms with Gasteiger partial charge in [0.2, 0.25) is 0 Å². The number of hydrogen-bond donors (Lipinski definition) is 1. The van der Waals surface area contributed by atoms with Crippen LogP contribution in [0.25, 0.3) is 0 Å². The van der Waals surface area contributed by atoms with Crippen LogP contribution in [-0.2, 0) is 0 Å². The van der Waals surface area contributed by atoms with Gasteiger partial charge in [-0.2, -0.15) is 0 Å². The summed E-state index contributed by atoms with van der Waals surface area (Å²) in [5, 5.41) is 2.81. The molecule has 1 unspecified atom stereocenters. The molecule has 4 heteroatoms. The summed E-state index contributed by atoms with van der Waals surface area (Å²) in [7, 11) is 0. The molecular weight excluding hydrogens is 186 g/mol. The molecule has 0 aromatic heterocycles. The molecule has 2 nitrogen and oxygen atoms in total. The maximum absolute atomic E-state index is 12.1. The lowest BCUT2D eigenvalue weighted by molar-refractivity contribution is 0.106. The van der Waals surface area contributed by atoms with E-state index in [4.69, 9.17) is 0 Å². The summed E-state index contributed by atoms with van der Waals surface area (Å²) in [6.07, 6.45) is -1.33. The van der Waals surface area contributed by atoms with E-state index in [9.17, 15) is 8.78 Å². The van der Waals surface area contributed by atoms with Crippen molar-refractivity contribution in [2.24, 2.45) is 0 Å². The molecule has 0 fully saturated rings. The molecule has 14 heavy (non-hydrogen) atoms. The molecule has 0 aliphatic carbocycles. The summed E-state index contributed by atoms with van der Waals surface area (Å²) in [6.45, 7) is 9.44. The van der Waals surface area contributed by atoms with Crippen LogP contribution in [0.3, 0.4) is 0 Å². The predicted octanol–water partition coefficient (Wildman–Crippen LogP) is 1.96. The Morgan fingerprint density at radius 2 is 1.79 bits per heavy atom. The minimum absolute atomic E-state index is 0.669. The molecule has 0 aliphatic heterocycles. The van der Waals surface area contributed by atoms with Crippen molar-refractivity contribution >= 4 is 0 Å². The van der Waals surface area contributed by atoms with E-state index in [1.165, 1.54) is 6.92 Å². The highest BCUT2D eigenvalue weighted by Gasteiger charge is 2.12. The van der Waals surface area contributed by atoms with E-state index in [1.807, 2.05) is 0 Å². The Morgan fingerprint density at radius 3 is 2.21 bits per heavy atom. The molecule has 0 rings (SSSR count). The number of halogens is 2. The topological polar surface area (TPSA) is 15.3 Å². The Kier molecular flexibility index (Phi) is 7.99. The van der Waals surface area contributed by atoms with Crippen LogP contribution in [0.15, 0.2) is 0 Å². The van der Waals surface area contributed by atoms with Crippen LogP contribution >= 0.6 is 0 Å². The fourth-order valence-electron chi connectivity index (χ4n) is 1.26. The average Bonchev–Trinajstić information content (AvgIpc) is 2.17. The van der Waals surface area contributed by atoms with Crippen molar-refractivity contribution in [1.82, 2.24) is 10.2 Å². The molecule has 0 aliphatic rings. The van der Waals surface area contributed by atoms with Crippen LogP contribution in [0, 0.1) is 0 Å². The SMILES string of the molecule is CCN(CC)CCCNC(C)C(F)F. The van der Waals surface area contributed by atoms with E-state index >= 15 is 0 Å². The minimum Gasteiger partial charge on any atom is -0.309 e. The number of rotatable bonds is 8. The number of hydrogen-bond acceptors (Lipinski definition) is 2. The third-order valence-electron chi connectivity index (χ3n) is 2.39. The van der Waals surface area contributed by atoms with Crippen LogP contribution in [0.4, 0.5) is 8.78 Å². The van der Waals surface area contributed by atoms with Crippen molar-refractivity contribution in [2.75, 3.05) is 26.2 Å². The monoisotopic (exact) mass is 208 g/mol. The van der Waals surface area contributed by atoms with Crippen molar-refractivity contribution in [1.29, 1.82) is 0 Å². The highest BCUT2D eigenvalue weighted by atomic mass is 19.3. The van der Waals surface area contributed by atoms with E-state index in [-0.39, 0.29) is 0 Å². The van der Waals surface area contributed by atoms with Crippen LogP contribution in [-0.4, -0.2) is 43.5 Å². The molecule has 0 aromatic rings. The van der Waals surface area contributed by atoms with Crippen molar-refractivity contribution in [3.63, 3.8) is 0 Å². The molecule has 0 heterocycles. The highest BCUT2D eigenvalue weighted by Crippen LogP contribution is 1.99. The summed E-state index contributed by atoms with van der Waals surface area (Å²) in [5.74, 6) is 0. The molecule has 0 amide bonds. The normalized spacial score (nSPS) is 13.9. The molecule has 86 valence electrons. The first-order valence-corrected chi connectivity index (χ1v) is 5.35. The Morgan fingerprint density at radius 1 is 1.21 bits per heavy atom. The van der Waals surface area contributed by atoms with Gasteiger partial charge in [0.15, 0.2) is 0 Å². The van der Waals surface area contributed by atoms with Gasteiger partial charge in [-0.1, -0.05) is 13.8 Å². The predicted molar refractivity (Wildman–Crippen MR) is 55.9 cm³/mol. The Balaban J connectivity index is 3.36. The van der Waals surface area contributed by atoms with Gasteiger partial charge in [0, 0.05) is 0 Å². The van der Waals surface area contributed by atoms with Gasteiger partial charge in [-0.25, -0.2) is 8.78 Å². The summed E-state index contributed by atoms with van der Waals surface area (Å²) in [4.78, 5) is 2.29. The van der Waals surface area contributed by atoms with Crippen LogP contribution < -0.4 is 5.32 Å². The standard InChI is InChI=1S/C10H22F2N2/c1-4-14(5-2)8-6-7-13-9(3)10(11)12/h9-10,13H,4-8H2,1-3H3. The van der Waals surface area contributed by atoms with E-state index in [0.717, 1.165) is 26.1 Å². The zero-order chi connectivity index (χ0) is 11.0. The Bertz CT molecular complexity index is 123. The van der Waals surface area contributed by atoms with Gasteiger partial charge in [-0.05, 0) is 39.5 Å². The molecule has 1 atom stereocenters. The third kappa shape index (κ3) is 6.27. The average molecular weight is 208 g/mol.